The number of hydrogen-bond donors (Lipinski definition) is 0. The molecule has 0 radical (unpaired) electrons. The Morgan fingerprint density at radius 1 is 0.458 bits per heavy atom. The third kappa shape index (κ3) is 3.65. The number of fused-ring (bicyclic) bond motifs is 13. The van der Waals surface area contributed by atoms with Gasteiger partial charge in [-0.15, -0.1) is 11.3 Å². The largest absolute Gasteiger partial charge is 0.455 e. The first-order valence-electron chi connectivity index (χ1n) is 16.3. The van der Waals surface area contributed by atoms with Crippen molar-refractivity contribution in [1.29, 1.82) is 0 Å². The van der Waals surface area contributed by atoms with Crippen molar-refractivity contribution in [2.75, 3.05) is 0 Å². The van der Waals surface area contributed by atoms with Gasteiger partial charge in [-0.05, 0) is 79.8 Å². The molecule has 0 N–H and O–H groups in total. The van der Waals surface area contributed by atoms with E-state index in [9.17, 15) is 0 Å². The number of rotatable bonds is 2. The van der Waals surface area contributed by atoms with Crippen molar-refractivity contribution < 1.29 is 4.42 Å². The van der Waals surface area contributed by atoms with E-state index in [4.69, 9.17) is 9.40 Å². The summed E-state index contributed by atoms with van der Waals surface area (Å²) in [4.78, 5) is 5.49. The van der Waals surface area contributed by atoms with Gasteiger partial charge in [0.2, 0.25) is 0 Å². The molecule has 0 saturated heterocycles. The quantitative estimate of drug-likeness (QED) is 0.141. The second-order valence-electron chi connectivity index (χ2n) is 12.7. The fraction of sp³-hybridized carbons (Fsp3) is 0. The minimum absolute atomic E-state index is 0.881. The number of furan rings is 1. The van der Waals surface area contributed by atoms with Crippen LogP contribution in [0.5, 0.6) is 0 Å². The predicted octanol–water partition coefficient (Wildman–Crippen LogP) is 13.3. The predicted molar refractivity (Wildman–Crippen MR) is 205 cm³/mol. The minimum Gasteiger partial charge on any atom is -0.455 e. The lowest BCUT2D eigenvalue weighted by molar-refractivity contribution is 0.672. The number of aromatic nitrogens is 1. The number of thiophene rings is 1. The van der Waals surface area contributed by atoms with Gasteiger partial charge in [-0.2, -0.15) is 0 Å². The van der Waals surface area contributed by atoms with Crippen LogP contribution < -0.4 is 0 Å². The smallest absolute Gasteiger partial charge is 0.147 e. The Morgan fingerprint density at radius 3 is 1.98 bits per heavy atom. The summed E-state index contributed by atoms with van der Waals surface area (Å²) < 4.78 is 9.10. The van der Waals surface area contributed by atoms with Gasteiger partial charge in [0.1, 0.15) is 11.2 Å². The maximum absolute atomic E-state index is 6.63. The molecule has 0 saturated carbocycles. The molecule has 0 fully saturated rings. The maximum atomic E-state index is 6.63. The Balaban J connectivity index is 1.16. The second-order valence-corrected chi connectivity index (χ2v) is 13.7. The van der Waals surface area contributed by atoms with Crippen LogP contribution in [0.25, 0.3) is 108 Å². The Hall–Kier alpha value is -6.03. The van der Waals surface area contributed by atoms with Gasteiger partial charge in [0, 0.05) is 31.8 Å². The highest BCUT2D eigenvalue weighted by molar-refractivity contribution is 7.26. The molecule has 0 atom stereocenters. The van der Waals surface area contributed by atoms with Crippen molar-refractivity contribution >= 4 is 96.7 Å². The summed E-state index contributed by atoms with van der Waals surface area (Å²) >= 11 is 1.81. The van der Waals surface area contributed by atoms with Crippen molar-refractivity contribution in [3.8, 4) is 22.4 Å². The molecule has 0 unspecified atom stereocenters. The van der Waals surface area contributed by atoms with E-state index >= 15 is 0 Å². The van der Waals surface area contributed by atoms with Gasteiger partial charge in [-0.3, -0.25) is 0 Å². The van der Waals surface area contributed by atoms with Crippen LogP contribution in [0.2, 0.25) is 0 Å². The van der Waals surface area contributed by atoms with Crippen molar-refractivity contribution in [1.82, 2.24) is 4.98 Å². The monoisotopic (exact) mass is 627 g/mol. The van der Waals surface area contributed by atoms with E-state index in [0.717, 1.165) is 44.1 Å². The van der Waals surface area contributed by atoms with E-state index in [1.807, 2.05) is 17.4 Å². The lowest BCUT2D eigenvalue weighted by atomic mass is 9.91. The van der Waals surface area contributed by atoms with Gasteiger partial charge in [0.05, 0.1) is 21.3 Å². The minimum atomic E-state index is 0.881. The van der Waals surface area contributed by atoms with Gasteiger partial charge in [0.25, 0.3) is 0 Å². The third-order valence-corrected chi connectivity index (χ3v) is 11.2. The van der Waals surface area contributed by atoms with Gasteiger partial charge in [-0.25, -0.2) is 4.98 Å². The summed E-state index contributed by atoms with van der Waals surface area (Å²) in [5.41, 5.74) is 7.22. The Labute approximate surface area is 279 Å². The zero-order valence-electron chi connectivity index (χ0n) is 25.7. The Bertz CT molecular complexity index is 3110. The highest BCUT2D eigenvalue weighted by atomic mass is 32.1. The zero-order valence-corrected chi connectivity index (χ0v) is 26.5. The third-order valence-electron chi connectivity index (χ3n) is 10.0. The molecule has 11 aromatic rings. The van der Waals surface area contributed by atoms with Crippen molar-refractivity contribution in [3.05, 3.63) is 152 Å². The van der Waals surface area contributed by atoms with E-state index in [1.165, 1.54) is 63.6 Å². The number of hydrogen-bond acceptors (Lipinski definition) is 3. The molecule has 3 heteroatoms. The average Bonchev–Trinajstić information content (AvgIpc) is 3.73. The second kappa shape index (κ2) is 9.74. The average molecular weight is 628 g/mol. The Morgan fingerprint density at radius 2 is 1.12 bits per heavy atom. The molecule has 222 valence electrons. The van der Waals surface area contributed by atoms with Crippen LogP contribution in [0.15, 0.2) is 156 Å². The summed E-state index contributed by atoms with van der Waals surface area (Å²) in [6.45, 7) is 0. The molecule has 0 aliphatic carbocycles. The van der Waals surface area contributed by atoms with Gasteiger partial charge in [-0.1, -0.05) is 115 Å². The standard InChI is InChI=1S/C45H25NOS/c1-2-10-29-24-38-30(23-28(29)9-1)25-37(31-11-3-4-12-32(31)38)26-17-19-27(20-18-26)42-41-35-14-5-7-15-39(35)47-44(41)36-22-21-34-33-13-6-8-16-40(33)48-45(34)43(36)46-42/h1-25H. The van der Waals surface area contributed by atoms with Crippen LogP contribution in [0.3, 0.4) is 0 Å². The molecule has 0 spiro atoms. The normalized spacial score (nSPS) is 12.2. The SMILES string of the molecule is c1ccc2cc3c(cc(-c4ccc(-c5nc6c(ccc7c8ccccc8sc76)c6oc7ccccc7c56)cc4)c4ccccc43)cc2c1. The summed E-state index contributed by atoms with van der Waals surface area (Å²) in [6.07, 6.45) is 0. The molecule has 8 aromatic carbocycles. The van der Waals surface area contributed by atoms with Crippen molar-refractivity contribution in [2.45, 2.75) is 0 Å². The van der Waals surface area contributed by atoms with E-state index in [0.29, 0.717) is 0 Å². The van der Waals surface area contributed by atoms with Crippen LogP contribution in [0, 0.1) is 0 Å². The molecule has 11 rings (SSSR count). The molecule has 2 nitrogen and oxygen atoms in total. The summed E-state index contributed by atoms with van der Waals surface area (Å²) in [7, 11) is 0. The molecule has 0 bridgehead atoms. The number of para-hydroxylation sites is 1. The topological polar surface area (TPSA) is 26.0 Å². The summed E-state index contributed by atoms with van der Waals surface area (Å²) in [5.74, 6) is 0. The first-order valence-corrected chi connectivity index (χ1v) is 17.1. The first-order chi connectivity index (χ1) is 23.8. The van der Waals surface area contributed by atoms with Crippen LogP contribution in [-0.2, 0) is 0 Å². The van der Waals surface area contributed by atoms with Crippen LogP contribution in [-0.4, -0.2) is 4.98 Å². The fourth-order valence-electron chi connectivity index (χ4n) is 7.76. The lowest BCUT2D eigenvalue weighted by Gasteiger charge is -2.13. The summed E-state index contributed by atoms with van der Waals surface area (Å²) in [6, 6.07) is 54.7. The van der Waals surface area contributed by atoms with Crippen LogP contribution >= 0.6 is 11.3 Å². The number of pyridine rings is 1. The van der Waals surface area contributed by atoms with E-state index < -0.39 is 0 Å². The van der Waals surface area contributed by atoms with Crippen LogP contribution in [0.4, 0.5) is 0 Å². The lowest BCUT2D eigenvalue weighted by Crippen LogP contribution is -1.90. The van der Waals surface area contributed by atoms with E-state index in [2.05, 4.69) is 146 Å². The number of nitrogens with zero attached hydrogens (tertiary/aromatic N) is 1. The van der Waals surface area contributed by atoms with Gasteiger partial charge >= 0.3 is 0 Å². The zero-order chi connectivity index (χ0) is 31.3. The molecule has 3 heterocycles. The molecule has 0 amide bonds. The molecular formula is C45H25NOS. The maximum Gasteiger partial charge on any atom is 0.147 e. The van der Waals surface area contributed by atoms with Crippen molar-refractivity contribution in [3.63, 3.8) is 0 Å². The van der Waals surface area contributed by atoms with E-state index in [1.54, 1.807) is 0 Å². The van der Waals surface area contributed by atoms with E-state index in [-0.39, 0.29) is 0 Å². The highest BCUT2D eigenvalue weighted by Gasteiger charge is 2.20. The molecule has 48 heavy (non-hydrogen) atoms. The van der Waals surface area contributed by atoms with Crippen LogP contribution in [0.1, 0.15) is 0 Å². The first kappa shape index (κ1) is 26.1. The van der Waals surface area contributed by atoms with Gasteiger partial charge in [0.15, 0.2) is 0 Å². The summed E-state index contributed by atoms with van der Waals surface area (Å²) in [5, 5.41) is 13.3. The number of benzene rings is 8. The molecular weight excluding hydrogens is 603 g/mol. The molecule has 0 aliphatic heterocycles. The Kier molecular flexibility index (Phi) is 5.29. The van der Waals surface area contributed by atoms with Gasteiger partial charge < -0.3 is 4.42 Å². The molecule has 0 aliphatic rings. The van der Waals surface area contributed by atoms with Crippen molar-refractivity contribution in [2.24, 2.45) is 0 Å². The highest BCUT2D eigenvalue weighted by Crippen LogP contribution is 2.45. The fourth-order valence-corrected chi connectivity index (χ4v) is 8.95. The molecule has 3 aromatic heterocycles.